The Bertz CT molecular complexity index is 495. The van der Waals surface area contributed by atoms with Crippen molar-refractivity contribution in [2.75, 3.05) is 25.1 Å². The van der Waals surface area contributed by atoms with Crippen LogP contribution >= 0.6 is 0 Å². The molecule has 0 unspecified atom stereocenters. The molecule has 20 heavy (non-hydrogen) atoms. The van der Waals surface area contributed by atoms with Gasteiger partial charge < -0.3 is 14.8 Å². The molecule has 0 aromatic heterocycles. The molecule has 1 aliphatic heterocycles. The number of hydrogen-bond donors (Lipinski definition) is 1. The maximum Gasteiger partial charge on any atom is 0.275 e. The standard InChI is InChI=1S/C12H14F2N2O4/c1-12(19-4-5-20-12)2-3-15-11-9(13)6-8(16(17)18)7-10(11)14/h6-7,15H,2-5H2,1H3. The Morgan fingerprint density at radius 2 is 1.90 bits per heavy atom. The summed E-state index contributed by atoms with van der Waals surface area (Å²) < 4.78 is 37.9. The number of hydrogen-bond acceptors (Lipinski definition) is 5. The van der Waals surface area contributed by atoms with E-state index in [2.05, 4.69) is 5.32 Å². The molecule has 0 aliphatic carbocycles. The number of rotatable bonds is 5. The predicted molar refractivity (Wildman–Crippen MR) is 66.4 cm³/mol. The summed E-state index contributed by atoms with van der Waals surface area (Å²) in [6.07, 6.45) is 0.392. The lowest BCUT2D eigenvalue weighted by Gasteiger charge is -2.22. The fraction of sp³-hybridized carbons (Fsp3) is 0.500. The summed E-state index contributed by atoms with van der Waals surface area (Å²) in [5.41, 5.74) is -1.02. The summed E-state index contributed by atoms with van der Waals surface area (Å²) in [5.74, 6) is -2.77. The first-order valence-electron chi connectivity index (χ1n) is 6.06. The second-order valence-corrected chi connectivity index (χ2v) is 4.55. The largest absolute Gasteiger partial charge is 0.380 e. The van der Waals surface area contributed by atoms with Gasteiger partial charge in [-0.15, -0.1) is 0 Å². The van der Waals surface area contributed by atoms with Gasteiger partial charge in [-0.05, 0) is 6.92 Å². The van der Waals surface area contributed by atoms with Crippen LogP contribution in [-0.2, 0) is 9.47 Å². The number of nitrogens with one attached hydrogen (secondary N) is 1. The Kier molecular flexibility index (Phi) is 4.15. The number of nitro groups is 1. The normalized spacial score (nSPS) is 17.1. The van der Waals surface area contributed by atoms with Crippen molar-refractivity contribution in [2.24, 2.45) is 0 Å². The van der Waals surface area contributed by atoms with Crippen molar-refractivity contribution in [1.29, 1.82) is 0 Å². The molecule has 0 atom stereocenters. The topological polar surface area (TPSA) is 73.6 Å². The summed E-state index contributed by atoms with van der Waals surface area (Å²) >= 11 is 0. The van der Waals surface area contributed by atoms with Crippen LogP contribution in [0.5, 0.6) is 0 Å². The zero-order valence-corrected chi connectivity index (χ0v) is 10.8. The van der Waals surface area contributed by atoms with E-state index in [-0.39, 0.29) is 6.54 Å². The molecule has 1 heterocycles. The maximum atomic E-state index is 13.6. The smallest absolute Gasteiger partial charge is 0.275 e. The highest BCUT2D eigenvalue weighted by molar-refractivity contribution is 5.51. The van der Waals surface area contributed by atoms with Gasteiger partial charge in [0.2, 0.25) is 0 Å². The number of anilines is 1. The molecule has 8 heteroatoms. The minimum atomic E-state index is -1.00. The molecule has 1 aromatic carbocycles. The molecule has 0 spiro atoms. The lowest BCUT2D eigenvalue weighted by Crippen LogP contribution is -2.28. The van der Waals surface area contributed by atoms with Crippen molar-refractivity contribution in [2.45, 2.75) is 19.1 Å². The van der Waals surface area contributed by atoms with Gasteiger partial charge in [0.05, 0.1) is 30.3 Å². The van der Waals surface area contributed by atoms with Crippen LogP contribution in [-0.4, -0.2) is 30.5 Å². The summed E-state index contributed by atoms with van der Waals surface area (Å²) in [6.45, 7) is 2.92. The summed E-state index contributed by atoms with van der Waals surface area (Å²) in [7, 11) is 0. The van der Waals surface area contributed by atoms with E-state index in [0.29, 0.717) is 31.8 Å². The molecule has 2 rings (SSSR count). The Labute approximate surface area is 113 Å². The van der Waals surface area contributed by atoms with Gasteiger partial charge in [-0.1, -0.05) is 0 Å². The van der Waals surface area contributed by atoms with Gasteiger partial charge in [0.1, 0.15) is 5.69 Å². The summed E-state index contributed by atoms with van der Waals surface area (Å²) in [6, 6.07) is 1.35. The zero-order chi connectivity index (χ0) is 14.8. The van der Waals surface area contributed by atoms with Crippen LogP contribution in [0.15, 0.2) is 12.1 Å². The summed E-state index contributed by atoms with van der Waals surface area (Å²) in [5, 5.41) is 13.0. The Morgan fingerprint density at radius 3 is 2.40 bits per heavy atom. The first-order valence-corrected chi connectivity index (χ1v) is 6.06. The highest BCUT2D eigenvalue weighted by Gasteiger charge is 2.30. The van der Waals surface area contributed by atoms with E-state index in [0.717, 1.165) is 0 Å². The number of ether oxygens (including phenoxy) is 2. The van der Waals surface area contributed by atoms with Crippen LogP contribution in [0.2, 0.25) is 0 Å². The molecule has 0 amide bonds. The Morgan fingerprint density at radius 1 is 1.35 bits per heavy atom. The zero-order valence-electron chi connectivity index (χ0n) is 10.8. The van der Waals surface area contributed by atoms with Gasteiger partial charge in [0.25, 0.3) is 5.69 Å². The van der Waals surface area contributed by atoms with E-state index >= 15 is 0 Å². The van der Waals surface area contributed by atoms with Crippen LogP contribution in [0.1, 0.15) is 13.3 Å². The fourth-order valence-corrected chi connectivity index (χ4v) is 1.95. The van der Waals surface area contributed by atoms with Gasteiger partial charge in [-0.3, -0.25) is 10.1 Å². The lowest BCUT2D eigenvalue weighted by molar-refractivity contribution is -0.385. The molecular weight excluding hydrogens is 274 g/mol. The van der Waals surface area contributed by atoms with Crippen molar-refractivity contribution in [3.05, 3.63) is 33.9 Å². The second kappa shape index (κ2) is 5.68. The third-order valence-electron chi connectivity index (χ3n) is 3.02. The molecule has 0 saturated carbocycles. The molecule has 110 valence electrons. The minimum absolute atomic E-state index is 0.210. The van der Waals surface area contributed by atoms with Gasteiger partial charge in [0.15, 0.2) is 17.4 Å². The van der Waals surface area contributed by atoms with Gasteiger partial charge in [-0.25, -0.2) is 8.78 Å². The van der Waals surface area contributed by atoms with Crippen LogP contribution in [0, 0.1) is 21.7 Å². The molecule has 0 bridgehead atoms. The monoisotopic (exact) mass is 288 g/mol. The van der Waals surface area contributed by atoms with E-state index in [1.165, 1.54) is 0 Å². The number of benzene rings is 1. The summed E-state index contributed by atoms with van der Waals surface area (Å²) in [4.78, 5) is 9.62. The third-order valence-corrected chi connectivity index (χ3v) is 3.02. The van der Waals surface area contributed by atoms with Crippen molar-refractivity contribution in [3.63, 3.8) is 0 Å². The van der Waals surface area contributed by atoms with Gasteiger partial charge in [0, 0.05) is 13.0 Å². The predicted octanol–water partition coefficient (Wildman–Crippen LogP) is 2.44. The number of nitrogens with zero attached hydrogens (tertiary/aromatic N) is 1. The first kappa shape index (κ1) is 14.6. The van der Waals surface area contributed by atoms with E-state index in [4.69, 9.17) is 9.47 Å². The number of halogens is 2. The second-order valence-electron chi connectivity index (χ2n) is 4.55. The Balaban J connectivity index is 2.01. The fourth-order valence-electron chi connectivity index (χ4n) is 1.95. The van der Waals surface area contributed by atoms with Crippen molar-refractivity contribution in [3.8, 4) is 0 Å². The van der Waals surface area contributed by atoms with E-state index in [1.54, 1.807) is 6.92 Å². The van der Waals surface area contributed by atoms with Crippen LogP contribution in [0.3, 0.4) is 0 Å². The number of nitro benzene ring substituents is 1. The molecule has 1 saturated heterocycles. The molecule has 6 nitrogen and oxygen atoms in total. The van der Waals surface area contributed by atoms with Gasteiger partial charge in [-0.2, -0.15) is 0 Å². The highest BCUT2D eigenvalue weighted by Crippen LogP contribution is 2.26. The molecule has 1 aromatic rings. The highest BCUT2D eigenvalue weighted by atomic mass is 19.1. The van der Waals surface area contributed by atoms with Crippen molar-refractivity contribution >= 4 is 11.4 Å². The molecular formula is C12H14F2N2O4. The molecule has 0 radical (unpaired) electrons. The van der Waals surface area contributed by atoms with E-state index < -0.39 is 33.7 Å². The third kappa shape index (κ3) is 3.20. The first-order chi connectivity index (χ1) is 9.41. The Hall–Kier alpha value is -1.80. The molecule has 1 aliphatic rings. The molecule has 1 fully saturated rings. The van der Waals surface area contributed by atoms with Crippen molar-refractivity contribution in [1.82, 2.24) is 0 Å². The lowest BCUT2D eigenvalue weighted by atomic mass is 10.2. The number of non-ortho nitro benzene ring substituents is 1. The minimum Gasteiger partial charge on any atom is -0.380 e. The average Bonchev–Trinajstić information content (AvgIpc) is 2.79. The van der Waals surface area contributed by atoms with Crippen LogP contribution in [0.4, 0.5) is 20.2 Å². The van der Waals surface area contributed by atoms with Crippen molar-refractivity contribution < 1.29 is 23.2 Å². The average molecular weight is 288 g/mol. The van der Waals surface area contributed by atoms with E-state index in [1.807, 2.05) is 0 Å². The van der Waals surface area contributed by atoms with E-state index in [9.17, 15) is 18.9 Å². The maximum absolute atomic E-state index is 13.6. The van der Waals surface area contributed by atoms with Crippen LogP contribution in [0.25, 0.3) is 0 Å². The SMILES string of the molecule is CC1(CCNc2c(F)cc([N+](=O)[O-])cc2F)OCCO1. The van der Waals surface area contributed by atoms with Crippen LogP contribution < -0.4 is 5.32 Å². The van der Waals surface area contributed by atoms with Gasteiger partial charge >= 0.3 is 0 Å². The molecule has 1 N–H and O–H groups in total. The quantitative estimate of drug-likeness (QED) is 0.665.